The summed E-state index contributed by atoms with van der Waals surface area (Å²) in [5.74, 6) is 0.0251. The second-order valence-corrected chi connectivity index (χ2v) is 4.32. The number of fused-ring (bicyclic) bond motifs is 1. The van der Waals surface area contributed by atoms with Gasteiger partial charge in [-0.05, 0) is 34.1 Å². The van der Waals surface area contributed by atoms with E-state index in [2.05, 4.69) is 25.9 Å². The summed E-state index contributed by atoms with van der Waals surface area (Å²) in [6, 6.07) is 8.11. The van der Waals surface area contributed by atoms with Gasteiger partial charge in [0.25, 0.3) is 0 Å². The second kappa shape index (κ2) is 3.92. The molecule has 5 heteroatoms. The second-order valence-electron chi connectivity index (χ2n) is 3.47. The number of nitrogens with zero attached hydrogens (tertiary/aromatic N) is 2. The number of oxazole rings is 1. The Morgan fingerprint density at radius 1 is 1.24 bits per heavy atom. The summed E-state index contributed by atoms with van der Waals surface area (Å²) in [6.45, 7) is 0. The van der Waals surface area contributed by atoms with Crippen molar-refractivity contribution < 1.29 is 8.81 Å². The third kappa shape index (κ3) is 1.82. The zero-order chi connectivity index (χ0) is 11.8. The number of halogens is 2. The molecule has 17 heavy (non-hydrogen) atoms. The standard InChI is InChI=1S/C12H6BrFN2O/c13-8-5-7(14)6-10-11(8)17-12(16-10)9-3-1-2-4-15-9/h1-6H. The number of pyridine rings is 1. The molecule has 0 aliphatic rings. The van der Waals surface area contributed by atoms with Crippen molar-refractivity contribution in [3.63, 3.8) is 0 Å². The van der Waals surface area contributed by atoms with Gasteiger partial charge in [-0.15, -0.1) is 0 Å². The van der Waals surface area contributed by atoms with Crippen LogP contribution in [-0.2, 0) is 0 Å². The normalized spacial score (nSPS) is 10.9. The third-order valence-corrected chi connectivity index (χ3v) is 2.88. The van der Waals surface area contributed by atoms with Gasteiger partial charge in [-0.25, -0.2) is 9.37 Å². The molecule has 0 radical (unpaired) electrons. The van der Waals surface area contributed by atoms with Crippen LogP contribution >= 0.6 is 15.9 Å². The van der Waals surface area contributed by atoms with Gasteiger partial charge in [-0.3, -0.25) is 4.98 Å². The zero-order valence-electron chi connectivity index (χ0n) is 8.52. The van der Waals surface area contributed by atoms with Crippen LogP contribution in [0.5, 0.6) is 0 Å². The molecule has 0 atom stereocenters. The SMILES string of the molecule is Fc1cc(Br)c2oc(-c3ccccn3)nc2c1. The minimum atomic E-state index is -0.356. The van der Waals surface area contributed by atoms with E-state index in [1.165, 1.54) is 12.1 Å². The molecule has 0 spiro atoms. The molecule has 2 heterocycles. The number of aromatic nitrogens is 2. The van der Waals surface area contributed by atoms with E-state index in [9.17, 15) is 4.39 Å². The Bertz CT molecular complexity index is 682. The van der Waals surface area contributed by atoms with Crippen molar-refractivity contribution in [3.8, 4) is 11.6 Å². The van der Waals surface area contributed by atoms with E-state index in [1.54, 1.807) is 12.3 Å². The van der Waals surface area contributed by atoms with Gasteiger partial charge in [0.2, 0.25) is 5.89 Å². The van der Waals surface area contributed by atoms with Crippen LogP contribution in [0.3, 0.4) is 0 Å². The fourth-order valence-corrected chi connectivity index (χ4v) is 2.06. The lowest BCUT2D eigenvalue weighted by atomic mass is 10.3. The average Bonchev–Trinajstić information content (AvgIpc) is 2.74. The summed E-state index contributed by atoms with van der Waals surface area (Å²) in [5, 5.41) is 0. The highest BCUT2D eigenvalue weighted by molar-refractivity contribution is 9.10. The molecular formula is C12H6BrFN2O. The molecule has 1 aromatic carbocycles. The molecule has 0 aliphatic carbocycles. The van der Waals surface area contributed by atoms with E-state index in [1.807, 2.05) is 12.1 Å². The Kier molecular flexibility index (Phi) is 2.40. The van der Waals surface area contributed by atoms with E-state index >= 15 is 0 Å². The Morgan fingerprint density at radius 2 is 2.12 bits per heavy atom. The van der Waals surface area contributed by atoms with Crippen LogP contribution in [0.4, 0.5) is 4.39 Å². The summed E-state index contributed by atoms with van der Waals surface area (Å²) in [7, 11) is 0. The van der Waals surface area contributed by atoms with Gasteiger partial charge in [0.1, 0.15) is 17.0 Å². The molecule has 3 nitrogen and oxygen atoms in total. The van der Waals surface area contributed by atoms with Gasteiger partial charge in [0, 0.05) is 12.3 Å². The number of hydrogen-bond donors (Lipinski definition) is 0. The van der Waals surface area contributed by atoms with Crippen LogP contribution in [0.1, 0.15) is 0 Å². The number of rotatable bonds is 1. The van der Waals surface area contributed by atoms with E-state index < -0.39 is 0 Å². The summed E-state index contributed by atoms with van der Waals surface area (Å²) in [5.41, 5.74) is 1.61. The Balaban J connectivity index is 2.24. The summed E-state index contributed by atoms with van der Waals surface area (Å²) < 4.78 is 19.3. The molecule has 3 rings (SSSR count). The van der Waals surface area contributed by atoms with Gasteiger partial charge in [-0.2, -0.15) is 0 Å². The maximum absolute atomic E-state index is 13.2. The fraction of sp³-hybridized carbons (Fsp3) is 0. The van der Waals surface area contributed by atoms with Crippen LogP contribution < -0.4 is 0 Å². The van der Waals surface area contributed by atoms with Gasteiger partial charge < -0.3 is 4.42 Å². The van der Waals surface area contributed by atoms with Crippen LogP contribution in [0.15, 0.2) is 45.4 Å². The highest BCUT2D eigenvalue weighted by Gasteiger charge is 2.12. The largest absolute Gasteiger partial charge is 0.433 e. The van der Waals surface area contributed by atoms with Gasteiger partial charge >= 0.3 is 0 Å². The molecular weight excluding hydrogens is 287 g/mol. The van der Waals surface area contributed by atoms with Crippen molar-refractivity contribution >= 4 is 27.0 Å². The summed E-state index contributed by atoms with van der Waals surface area (Å²) in [6.07, 6.45) is 1.65. The fourth-order valence-electron chi connectivity index (χ4n) is 1.56. The lowest BCUT2D eigenvalue weighted by molar-refractivity contribution is 0.609. The number of benzene rings is 1. The van der Waals surface area contributed by atoms with Crippen LogP contribution in [-0.4, -0.2) is 9.97 Å². The van der Waals surface area contributed by atoms with Gasteiger partial charge in [0.05, 0.1) is 4.47 Å². The van der Waals surface area contributed by atoms with Crippen LogP contribution in [0.25, 0.3) is 22.7 Å². The molecule has 0 saturated heterocycles. The van der Waals surface area contributed by atoms with Crippen molar-refractivity contribution in [2.75, 3.05) is 0 Å². The Morgan fingerprint density at radius 3 is 2.88 bits per heavy atom. The molecule has 0 aliphatic heterocycles. The zero-order valence-corrected chi connectivity index (χ0v) is 10.1. The molecule has 2 aromatic heterocycles. The van der Waals surface area contributed by atoms with Crippen molar-refractivity contribution in [1.29, 1.82) is 0 Å². The summed E-state index contributed by atoms with van der Waals surface area (Å²) in [4.78, 5) is 8.34. The lowest BCUT2D eigenvalue weighted by Crippen LogP contribution is -1.80. The lowest BCUT2D eigenvalue weighted by Gasteiger charge is -1.92. The van der Waals surface area contributed by atoms with E-state index in [4.69, 9.17) is 4.42 Å². The monoisotopic (exact) mass is 292 g/mol. The Hall–Kier alpha value is -1.75. The van der Waals surface area contributed by atoms with Crippen molar-refractivity contribution in [2.24, 2.45) is 0 Å². The minimum absolute atomic E-state index is 0.356. The first-order valence-electron chi connectivity index (χ1n) is 4.91. The molecule has 0 amide bonds. The quantitative estimate of drug-likeness (QED) is 0.685. The van der Waals surface area contributed by atoms with Crippen molar-refractivity contribution in [1.82, 2.24) is 9.97 Å². The molecule has 0 N–H and O–H groups in total. The maximum Gasteiger partial charge on any atom is 0.246 e. The molecule has 0 saturated carbocycles. The predicted molar refractivity (Wildman–Crippen MR) is 64.9 cm³/mol. The first-order chi connectivity index (χ1) is 8.24. The van der Waals surface area contributed by atoms with Crippen molar-refractivity contribution in [2.45, 2.75) is 0 Å². The topological polar surface area (TPSA) is 38.9 Å². The predicted octanol–water partition coefficient (Wildman–Crippen LogP) is 3.79. The molecule has 0 fully saturated rings. The van der Waals surface area contributed by atoms with Crippen LogP contribution in [0.2, 0.25) is 0 Å². The summed E-state index contributed by atoms with van der Waals surface area (Å²) >= 11 is 3.24. The van der Waals surface area contributed by atoms with Crippen molar-refractivity contribution in [3.05, 3.63) is 46.8 Å². The highest BCUT2D eigenvalue weighted by Crippen LogP contribution is 2.29. The maximum atomic E-state index is 13.2. The van der Waals surface area contributed by atoms with E-state index in [0.717, 1.165) is 0 Å². The average molecular weight is 293 g/mol. The number of hydrogen-bond acceptors (Lipinski definition) is 3. The molecule has 3 aromatic rings. The molecule has 0 bridgehead atoms. The van der Waals surface area contributed by atoms with Crippen LogP contribution in [0, 0.1) is 5.82 Å². The third-order valence-electron chi connectivity index (χ3n) is 2.29. The smallest absolute Gasteiger partial charge is 0.246 e. The van der Waals surface area contributed by atoms with E-state index in [0.29, 0.717) is 27.2 Å². The Labute approximate surface area is 104 Å². The van der Waals surface area contributed by atoms with Gasteiger partial charge in [-0.1, -0.05) is 6.07 Å². The molecule has 0 unspecified atom stereocenters. The first kappa shape index (κ1) is 10.4. The highest BCUT2D eigenvalue weighted by atomic mass is 79.9. The molecule has 84 valence electrons. The van der Waals surface area contributed by atoms with Gasteiger partial charge in [0.15, 0.2) is 5.58 Å². The first-order valence-corrected chi connectivity index (χ1v) is 5.70. The van der Waals surface area contributed by atoms with E-state index in [-0.39, 0.29) is 5.82 Å². The minimum Gasteiger partial charge on any atom is -0.433 e.